The second-order valence-corrected chi connectivity index (χ2v) is 7.36. The molecular weight excluding hydrogens is 358 g/mol. The maximum Gasteiger partial charge on any atom is 0.241 e. The Labute approximate surface area is 134 Å². The molecule has 0 spiro atoms. The summed E-state index contributed by atoms with van der Waals surface area (Å²) in [7, 11) is -1.93. The molecule has 1 aromatic carbocycles. The zero-order chi connectivity index (χ0) is 15.9. The maximum atomic E-state index is 12.3. The first-order chi connectivity index (χ1) is 9.92. The van der Waals surface area contributed by atoms with Crippen molar-refractivity contribution >= 4 is 26.0 Å². The van der Waals surface area contributed by atoms with E-state index in [0.29, 0.717) is 23.2 Å². The molecule has 120 valence electrons. The van der Waals surface area contributed by atoms with Crippen molar-refractivity contribution < 1.29 is 18.3 Å². The van der Waals surface area contributed by atoms with Crippen LogP contribution in [-0.4, -0.2) is 33.8 Å². The third-order valence-electron chi connectivity index (χ3n) is 3.07. The molecule has 0 bridgehead atoms. The average molecular weight is 380 g/mol. The third-order valence-corrected chi connectivity index (χ3v) is 5.87. The average Bonchev–Trinajstić information content (AvgIpc) is 2.45. The lowest BCUT2D eigenvalue weighted by atomic mass is 10.1. The van der Waals surface area contributed by atoms with Crippen LogP contribution >= 0.6 is 15.9 Å². The van der Waals surface area contributed by atoms with Gasteiger partial charge in [-0.05, 0) is 59.3 Å². The van der Waals surface area contributed by atoms with Crippen LogP contribution in [0.1, 0.15) is 30.4 Å². The van der Waals surface area contributed by atoms with Gasteiger partial charge in [-0.2, -0.15) is 0 Å². The number of methoxy groups -OCH3 is 1. The molecule has 0 aliphatic rings. The first-order valence-corrected chi connectivity index (χ1v) is 9.08. The number of benzene rings is 1. The lowest BCUT2D eigenvalue weighted by Crippen LogP contribution is -2.25. The van der Waals surface area contributed by atoms with E-state index in [-0.39, 0.29) is 11.5 Å². The van der Waals surface area contributed by atoms with E-state index in [1.807, 2.05) is 0 Å². The first kappa shape index (κ1) is 18.6. The highest BCUT2D eigenvalue weighted by Crippen LogP contribution is 2.27. The number of aliphatic hydroxyl groups excluding tert-OH is 1. The second kappa shape index (κ2) is 8.85. The first-order valence-electron chi connectivity index (χ1n) is 6.81. The minimum absolute atomic E-state index is 0.170. The van der Waals surface area contributed by atoms with Crippen LogP contribution in [-0.2, 0) is 21.4 Å². The molecule has 0 heterocycles. The standard InChI is InChI=1S/C14H22BrNO4S/c1-11-8-12(10-17)9-13(14(11)15)21(18,19)16-6-4-3-5-7-20-2/h8-9,16-17H,3-7,10H2,1-2H3. The van der Waals surface area contributed by atoms with Crippen LogP contribution in [0.5, 0.6) is 0 Å². The summed E-state index contributed by atoms with van der Waals surface area (Å²) in [5, 5.41) is 9.20. The number of halogens is 1. The molecule has 0 aliphatic carbocycles. The van der Waals surface area contributed by atoms with Crippen molar-refractivity contribution in [2.24, 2.45) is 0 Å². The molecule has 7 heteroatoms. The van der Waals surface area contributed by atoms with Crippen molar-refractivity contribution in [3.63, 3.8) is 0 Å². The van der Waals surface area contributed by atoms with Gasteiger partial charge in [0.25, 0.3) is 0 Å². The lowest BCUT2D eigenvalue weighted by molar-refractivity contribution is 0.192. The molecule has 0 unspecified atom stereocenters. The fourth-order valence-electron chi connectivity index (χ4n) is 1.93. The van der Waals surface area contributed by atoms with Gasteiger partial charge >= 0.3 is 0 Å². The Balaban J connectivity index is 2.72. The molecule has 21 heavy (non-hydrogen) atoms. The summed E-state index contributed by atoms with van der Waals surface area (Å²) in [6, 6.07) is 3.25. The number of hydrogen-bond donors (Lipinski definition) is 2. The van der Waals surface area contributed by atoms with Crippen LogP contribution < -0.4 is 4.72 Å². The predicted molar refractivity (Wildman–Crippen MR) is 85.7 cm³/mol. The van der Waals surface area contributed by atoms with Crippen molar-refractivity contribution in [3.8, 4) is 0 Å². The van der Waals surface area contributed by atoms with E-state index in [1.165, 1.54) is 6.07 Å². The summed E-state index contributed by atoms with van der Waals surface area (Å²) in [6.07, 6.45) is 2.59. The summed E-state index contributed by atoms with van der Waals surface area (Å²) in [5.41, 5.74) is 1.36. The zero-order valence-electron chi connectivity index (χ0n) is 12.4. The van der Waals surface area contributed by atoms with Gasteiger partial charge in [-0.15, -0.1) is 0 Å². The number of aryl methyl sites for hydroxylation is 1. The monoisotopic (exact) mass is 379 g/mol. The Hall–Kier alpha value is -0.470. The van der Waals surface area contributed by atoms with Crippen molar-refractivity contribution in [2.45, 2.75) is 37.7 Å². The van der Waals surface area contributed by atoms with E-state index in [9.17, 15) is 13.5 Å². The van der Waals surface area contributed by atoms with Gasteiger partial charge in [0.15, 0.2) is 0 Å². The van der Waals surface area contributed by atoms with Crippen LogP contribution in [0.3, 0.4) is 0 Å². The van der Waals surface area contributed by atoms with Gasteiger partial charge in [-0.1, -0.05) is 6.07 Å². The Kier molecular flexibility index (Phi) is 7.83. The van der Waals surface area contributed by atoms with Crippen molar-refractivity contribution in [3.05, 3.63) is 27.7 Å². The normalized spacial score (nSPS) is 11.8. The minimum Gasteiger partial charge on any atom is -0.392 e. The van der Waals surface area contributed by atoms with Crippen LogP contribution in [0.15, 0.2) is 21.5 Å². The van der Waals surface area contributed by atoms with E-state index < -0.39 is 10.0 Å². The number of unbranched alkanes of at least 4 members (excludes halogenated alkanes) is 2. The lowest BCUT2D eigenvalue weighted by Gasteiger charge is -2.12. The van der Waals surface area contributed by atoms with Gasteiger partial charge in [0.05, 0.1) is 11.5 Å². The Morgan fingerprint density at radius 2 is 2.00 bits per heavy atom. The molecule has 2 N–H and O–H groups in total. The molecule has 0 saturated heterocycles. The summed E-state index contributed by atoms with van der Waals surface area (Å²) in [5.74, 6) is 0. The number of hydrogen-bond acceptors (Lipinski definition) is 4. The van der Waals surface area contributed by atoms with Gasteiger partial charge in [0, 0.05) is 24.7 Å². The smallest absolute Gasteiger partial charge is 0.241 e. The highest BCUT2D eigenvalue weighted by Gasteiger charge is 2.19. The van der Waals surface area contributed by atoms with E-state index in [0.717, 1.165) is 24.8 Å². The molecule has 0 fully saturated rings. The third kappa shape index (κ3) is 5.67. The topological polar surface area (TPSA) is 75.6 Å². The fourth-order valence-corrected chi connectivity index (χ4v) is 4.07. The fraction of sp³-hybridized carbons (Fsp3) is 0.571. The van der Waals surface area contributed by atoms with Crippen molar-refractivity contribution in [1.29, 1.82) is 0 Å². The van der Waals surface area contributed by atoms with Gasteiger partial charge in [-0.3, -0.25) is 0 Å². The molecule has 1 rings (SSSR count). The molecule has 0 aliphatic heterocycles. The van der Waals surface area contributed by atoms with Crippen LogP contribution in [0.2, 0.25) is 0 Å². The molecule has 5 nitrogen and oxygen atoms in total. The Morgan fingerprint density at radius 3 is 2.62 bits per heavy atom. The molecule has 0 radical (unpaired) electrons. The van der Waals surface area contributed by atoms with E-state index in [2.05, 4.69) is 20.7 Å². The summed E-state index contributed by atoms with van der Waals surface area (Å²) in [4.78, 5) is 0.170. The number of nitrogens with one attached hydrogen (secondary N) is 1. The summed E-state index contributed by atoms with van der Waals surface area (Å²) >= 11 is 3.31. The largest absolute Gasteiger partial charge is 0.392 e. The summed E-state index contributed by atoms with van der Waals surface area (Å²) in [6.45, 7) is 2.69. The number of aliphatic hydroxyl groups is 1. The quantitative estimate of drug-likeness (QED) is 0.645. The summed E-state index contributed by atoms with van der Waals surface area (Å²) < 4.78 is 32.7. The van der Waals surface area contributed by atoms with Gasteiger partial charge in [-0.25, -0.2) is 13.1 Å². The SMILES string of the molecule is COCCCCCNS(=O)(=O)c1cc(CO)cc(C)c1Br. The van der Waals surface area contributed by atoms with Crippen molar-refractivity contribution in [2.75, 3.05) is 20.3 Å². The number of sulfonamides is 1. The highest BCUT2D eigenvalue weighted by atomic mass is 79.9. The van der Waals surface area contributed by atoms with Gasteiger partial charge < -0.3 is 9.84 Å². The van der Waals surface area contributed by atoms with Gasteiger partial charge in [0.1, 0.15) is 0 Å². The Morgan fingerprint density at radius 1 is 1.29 bits per heavy atom. The van der Waals surface area contributed by atoms with Gasteiger partial charge in [0.2, 0.25) is 10.0 Å². The molecule has 1 aromatic rings. The zero-order valence-corrected chi connectivity index (χ0v) is 14.8. The highest BCUT2D eigenvalue weighted by molar-refractivity contribution is 9.10. The van der Waals surface area contributed by atoms with E-state index in [4.69, 9.17) is 4.74 Å². The number of ether oxygens (including phenoxy) is 1. The molecule has 0 amide bonds. The number of rotatable bonds is 9. The van der Waals surface area contributed by atoms with E-state index >= 15 is 0 Å². The second-order valence-electron chi connectivity index (χ2n) is 4.83. The van der Waals surface area contributed by atoms with E-state index in [1.54, 1.807) is 20.1 Å². The minimum atomic E-state index is -3.58. The maximum absolute atomic E-state index is 12.3. The molecule has 0 atom stereocenters. The molecular formula is C14H22BrNO4S. The molecule has 0 aromatic heterocycles. The van der Waals surface area contributed by atoms with Crippen molar-refractivity contribution in [1.82, 2.24) is 4.72 Å². The van der Waals surface area contributed by atoms with Crippen LogP contribution in [0.4, 0.5) is 0 Å². The molecule has 0 saturated carbocycles. The van der Waals surface area contributed by atoms with Crippen LogP contribution in [0.25, 0.3) is 0 Å². The predicted octanol–water partition coefficient (Wildman–Crippen LogP) is 2.34. The van der Waals surface area contributed by atoms with Crippen LogP contribution in [0, 0.1) is 6.92 Å². The Bertz CT molecular complexity index is 560.